The van der Waals surface area contributed by atoms with Gasteiger partial charge in [-0.3, -0.25) is 0 Å². The van der Waals surface area contributed by atoms with Crippen molar-refractivity contribution in [3.63, 3.8) is 0 Å². The van der Waals surface area contributed by atoms with Crippen molar-refractivity contribution in [3.8, 4) is 0 Å². The SMILES string of the molecule is CCC[CH2][Sn]([CH2]CCC)([CH2]CCC)[CH2]OC(C)CN=[N+]=[N-]. The maximum absolute atomic E-state index is 8.41. The summed E-state index contributed by atoms with van der Waals surface area (Å²) in [6.45, 7) is 9.38. The average Bonchev–Trinajstić information content (AvgIpc) is 2.51. The molecule has 0 aliphatic carbocycles. The Bertz CT molecular complexity index is 271. The molecule has 0 saturated heterocycles. The fourth-order valence-electron chi connectivity index (χ4n) is 2.77. The summed E-state index contributed by atoms with van der Waals surface area (Å²) in [4.78, 5) is 2.83. The molecule has 0 rings (SSSR count). The predicted octanol–water partition coefficient (Wildman–Crippen LogP) is 6.09. The molecule has 1 unspecified atom stereocenters. The van der Waals surface area contributed by atoms with Gasteiger partial charge in [-0.25, -0.2) is 0 Å². The number of nitrogens with zero attached hydrogens (tertiary/aromatic N) is 3. The molecule has 0 aromatic heterocycles. The normalized spacial score (nSPS) is 13.0. The van der Waals surface area contributed by atoms with E-state index in [9.17, 15) is 0 Å². The molecule has 0 fully saturated rings. The van der Waals surface area contributed by atoms with E-state index in [4.69, 9.17) is 10.3 Å². The molecule has 0 N–H and O–H groups in total. The van der Waals surface area contributed by atoms with Crippen molar-refractivity contribution < 1.29 is 4.74 Å². The zero-order chi connectivity index (χ0) is 16.0. The van der Waals surface area contributed by atoms with Crippen LogP contribution in [0.5, 0.6) is 0 Å². The molecular weight excluding hydrogens is 369 g/mol. The summed E-state index contributed by atoms with van der Waals surface area (Å²) >= 11 is -2.16. The van der Waals surface area contributed by atoms with Crippen LogP contribution in [0.1, 0.15) is 66.2 Å². The first-order valence-corrected chi connectivity index (χ1v) is 16.8. The van der Waals surface area contributed by atoms with Gasteiger partial charge in [0.25, 0.3) is 0 Å². The third-order valence-electron chi connectivity index (χ3n) is 4.26. The van der Waals surface area contributed by atoms with Crippen LogP contribution in [0, 0.1) is 0 Å². The standard InChI is InChI=1S/C4H8N3O.3C4H9.Sn/c1-4(8-2)3-6-7-5;3*1-3-4-2;/h4H,2-3H2,1H3;3*1,3-4H2,2H3;. The zero-order valence-electron chi connectivity index (χ0n) is 14.6. The van der Waals surface area contributed by atoms with Gasteiger partial charge in [0.1, 0.15) is 0 Å². The molecule has 0 bridgehead atoms. The first-order valence-electron chi connectivity index (χ1n) is 8.76. The van der Waals surface area contributed by atoms with Crippen LogP contribution in [0.15, 0.2) is 5.11 Å². The van der Waals surface area contributed by atoms with Gasteiger partial charge in [-0.05, 0) is 0 Å². The fraction of sp³-hybridized carbons (Fsp3) is 1.00. The van der Waals surface area contributed by atoms with Crippen LogP contribution < -0.4 is 0 Å². The van der Waals surface area contributed by atoms with Crippen molar-refractivity contribution in [2.45, 2.75) is 85.6 Å². The van der Waals surface area contributed by atoms with Crippen LogP contribution in [0.25, 0.3) is 10.4 Å². The van der Waals surface area contributed by atoms with Gasteiger partial charge >= 0.3 is 135 Å². The zero-order valence-corrected chi connectivity index (χ0v) is 17.5. The first kappa shape index (κ1) is 21.1. The Kier molecular flexibility index (Phi) is 13.8. The monoisotopic (exact) mass is 405 g/mol. The summed E-state index contributed by atoms with van der Waals surface area (Å²) in [7, 11) is 0. The molecule has 0 aliphatic rings. The van der Waals surface area contributed by atoms with Gasteiger partial charge in [0.2, 0.25) is 0 Å². The van der Waals surface area contributed by atoms with Crippen molar-refractivity contribution in [3.05, 3.63) is 10.4 Å². The molecule has 0 saturated carbocycles. The number of azide groups is 1. The van der Waals surface area contributed by atoms with E-state index in [1.54, 1.807) is 0 Å². The summed E-state index contributed by atoms with van der Waals surface area (Å²) in [5.41, 5.74) is 8.41. The van der Waals surface area contributed by atoms with Crippen molar-refractivity contribution in [2.75, 3.05) is 11.2 Å². The molecule has 0 spiro atoms. The van der Waals surface area contributed by atoms with Gasteiger partial charge in [-0.15, -0.1) is 0 Å². The van der Waals surface area contributed by atoms with E-state index in [1.807, 2.05) is 6.92 Å². The molecular formula is C16H35N3OSn. The summed E-state index contributed by atoms with van der Waals surface area (Å²) in [5, 5.41) is 3.64. The summed E-state index contributed by atoms with van der Waals surface area (Å²) in [6, 6.07) is 0. The number of unbranched alkanes of at least 4 members (excludes halogenated alkanes) is 3. The van der Waals surface area contributed by atoms with E-state index in [2.05, 4.69) is 30.8 Å². The summed E-state index contributed by atoms with van der Waals surface area (Å²) in [6.07, 6.45) is 8.08. The van der Waals surface area contributed by atoms with Crippen LogP contribution >= 0.6 is 0 Å². The molecule has 0 amide bonds. The molecule has 5 heteroatoms. The van der Waals surface area contributed by atoms with Crippen molar-refractivity contribution in [1.82, 2.24) is 0 Å². The molecule has 0 radical (unpaired) electrons. The number of hydrogen-bond acceptors (Lipinski definition) is 2. The van der Waals surface area contributed by atoms with E-state index in [0.29, 0.717) is 6.54 Å². The maximum atomic E-state index is 8.41. The minimum atomic E-state index is -2.16. The predicted molar refractivity (Wildman–Crippen MR) is 94.3 cm³/mol. The van der Waals surface area contributed by atoms with Crippen molar-refractivity contribution in [1.29, 1.82) is 0 Å². The topological polar surface area (TPSA) is 58.0 Å². The van der Waals surface area contributed by atoms with E-state index in [0.717, 1.165) is 4.62 Å². The Balaban J connectivity index is 4.64. The van der Waals surface area contributed by atoms with Gasteiger partial charge in [0, 0.05) is 0 Å². The van der Waals surface area contributed by atoms with E-state index in [1.165, 1.54) is 51.8 Å². The Labute approximate surface area is 135 Å². The van der Waals surface area contributed by atoms with Crippen LogP contribution in [-0.2, 0) is 4.74 Å². The van der Waals surface area contributed by atoms with Gasteiger partial charge < -0.3 is 0 Å². The first-order chi connectivity index (χ1) is 10.1. The summed E-state index contributed by atoms with van der Waals surface area (Å²) in [5.74, 6) is 0. The van der Waals surface area contributed by atoms with Crippen LogP contribution in [0.3, 0.4) is 0 Å². The van der Waals surface area contributed by atoms with Gasteiger partial charge in [-0.2, -0.15) is 0 Å². The quantitative estimate of drug-likeness (QED) is 0.150. The van der Waals surface area contributed by atoms with Crippen LogP contribution in [0.4, 0.5) is 0 Å². The average molecular weight is 404 g/mol. The molecule has 1 atom stereocenters. The third kappa shape index (κ3) is 10.4. The Morgan fingerprint density at radius 3 is 1.86 bits per heavy atom. The second-order valence-corrected chi connectivity index (χ2v) is 20.0. The molecule has 0 heterocycles. The van der Waals surface area contributed by atoms with Crippen LogP contribution in [-0.4, -0.2) is 35.6 Å². The number of rotatable bonds is 14. The second-order valence-electron chi connectivity index (χ2n) is 6.35. The summed E-state index contributed by atoms with van der Waals surface area (Å²) < 4.78 is 11.6. The molecule has 0 aromatic carbocycles. The van der Waals surface area contributed by atoms with Gasteiger partial charge in [-0.1, -0.05) is 0 Å². The van der Waals surface area contributed by atoms with Crippen LogP contribution in [0.2, 0.25) is 13.3 Å². The molecule has 124 valence electrons. The van der Waals surface area contributed by atoms with Crippen molar-refractivity contribution >= 4 is 18.4 Å². The van der Waals surface area contributed by atoms with Crippen molar-refractivity contribution in [2.24, 2.45) is 5.11 Å². The molecule has 0 aromatic rings. The van der Waals surface area contributed by atoms with E-state index in [-0.39, 0.29) is 6.10 Å². The van der Waals surface area contributed by atoms with E-state index >= 15 is 0 Å². The molecule has 4 nitrogen and oxygen atoms in total. The van der Waals surface area contributed by atoms with Gasteiger partial charge in [0.05, 0.1) is 0 Å². The second kappa shape index (κ2) is 13.7. The Morgan fingerprint density at radius 1 is 1.00 bits per heavy atom. The number of hydrogen-bond donors (Lipinski definition) is 0. The minimum absolute atomic E-state index is 0.0712. The third-order valence-corrected chi connectivity index (χ3v) is 18.6. The van der Waals surface area contributed by atoms with E-state index < -0.39 is 18.4 Å². The van der Waals surface area contributed by atoms with Gasteiger partial charge in [0.15, 0.2) is 0 Å². The molecule has 0 aliphatic heterocycles. The Morgan fingerprint density at radius 2 is 1.48 bits per heavy atom. The fourth-order valence-corrected chi connectivity index (χ4v) is 17.4. The molecule has 21 heavy (non-hydrogen) atoms. The number of ether oxygens (including phenoxy) is 1. The Hall–Kier alpha value is 0.0687.